The Morgan fingerprint density at radius 1 is 1.19 bits per heavy atom. The third-order valence-corrected chi connectivity index (χ3v) is 9.03. The van der Waals surface area contributed by atoms with Gasteiger partial charge in [-0.05, 0) is 56.0 Å². The predicted octanol–water partition coefficient (Wildman–Crippen LogP) is 2.81. The number of aliphatic hydroxyl groups excluding tert-OH is 1. The minimum Gasteiger partial charge on any atom is -0.492 e. The number of halogens is 1. The number of amidine groups is 1. The van der Waals surface area contributed by atoms with Crippen LogP contribution in [0.25, 0.3) is 0 Å². The summed E-state index contributed by atoms with van der Waals surface area (Å²) in [4.78, 5) is 29.8. The van der Waals surface area contributed by atoms with Gasteiger partial charge in [0.05, 0.1) is 30.6 Å². The maximum atomic E-state index is 13.4. The van der Waals surface area contributed by atoms with E-state index >= 15 is 0 Å². The first kappa shape index (κ1) is 39.1. The van der Waals surface area contributed by atoms with Crippen LogP contribution in [-0.2, 0) is 5.41 Å². The molecule has 2 fully saturated rings. The predicted molar refractivity (Wildman–Crippen MR) is 186 cm³/mol. The van der Waals surface area contributed by atoms with Crippen LogP contribution in [0.5, 0.6) is 5.75 Å². The van der Waals surface area contributed by atoms with Crippen molar-refractivity contribution in [2.45, 2.75) is 97.9 Å². The first-order valence-electron chi connectivity index (χ1n) is 16.2. The van der Waals surface area contributed by atoms with Gasteiger partial charge in [0.2, 0.25) is 5.84 Å². The molecular formula is C36H56FN6O4+. The van der Waals surface area contributed by atoms with E-state index < -0.39 is 23.5 Å². The lowest BCUT2D eigenvalue weighted by molar-refractivity contribution is -0.525. The molecule has 0 aliphatic carbocycles. The van der Waals surface area contributed by atoms with E-state index in [1.54, 1.807) is 12.1 Å². The van der Waals surface area contributed by atoms with Gasteiger partial charge in [0.1, 0.15) is 29.3 Å². The van der Waals surface area contributed by atoms with Gasteiger partial charge in [0, 0.05) is 31.1 Å². The Hall–Kier alpha value is -4.12. The summed E-state index contributed by atoms with van der Waals surface area (Å²) in [7, 11) is 1.51. The molecule has 0 radical (unpaired) electrons. The molecule has 0 bridgehead atoms. The number of carbonyl (C=O) groups is 2. The summed E-state index contributed by atoms with van der Waals surface area (Å²) >= 11 is 0. The van der Waals surface area contributed by atoms with Crippen LogP contribution in [0.4, 0.5) is 4.39 Å². The van der Waals surface area contributed by atoms with Crippen LogP contribution in [0.1, 0.15) is 95.0 Å². The van der Waals surface area contributed by atoms with E-state index in [2.05, 4.69) is 39.7 Å². The number of nitrogens with two attached hydrogens (primary N) is 1. The van der Waals surface area contributed by atoms with Gasteiger partial charge in [-0.3, -0.25) is 20.3 Å². The van der Waals surface area contributed by atoms with Crippen LogP contribution in [0.3, 0.4) is 0 Å². The van der Waals surface area contributed by atoms with Crippen molar-refractivity contribution in [1.82, 2.24) is 20.9 Å². The lowest BCUT2D eigenvalue weighted by Gasteiger charge is -2.47. The van der Waals surface area contributed by atoms with Crippen LogP contribution in [0.15, 0.2) is 54.4 Å². The fourth-order valence-corrected chi connectivity index (χ4v) is 6.19. The summed E-state index contributed by atoms with van der Waals surface area (Å²) in [5.41, 5.74) is 7.33. The number of rotatable bonds is 5. The topological polar surface area (TPSA) is 143 Å². The van der Waals surface area contributed by atoms with Gasteiger partial charge in [-0.1, -0.05) is 60.2 Å². The molecule has 3 heterocycles. The minimum absolute atomic E-state index is 0. The van der Waals surface area contributed by atoms with Crippen LogP contribution in [0.2, 0.25) is 0 Å². The van der Waals surface area contributed by atoms with Crippen molar-refractivity contribution in [2.75, 3.05) is 26.7 Å². The lowest BCUT2D eigenvalue weighted by Crippen LogP contribution is -2.92. The monoisotopic (exact) mass is 655 g/mol. The summed E-state index contributed by atoms with van der Waals surface area (Å²) in [6.07, 6.45) is 2.82. The molecule has 0 aromatic heterocycles. The normalized spacial score (nSPS) is 24.7. The Morgan fingerprint density at radius 2 is 1.87 bits per heavy atom. The zero-order valence-electron chi connectivity index (χ0n) is 28.5. The van der Waals surface area contributed by atoms with Gasteiger partial charge in [0.15, 0.2) is 0 Å². The second-order valence-electron chi connectivity index (χ2n) is 12.2. The van der Waals surface area contributed by atoms with Gasteiger partial charge in [-0.2, -0.15) is 0 Å². The minimum atomic E-state index is -0.794. The fourth-order valence-electron chi connectivity index (χ4n) is 6.19. The van der Waals surface area contributed by atoms with Crippen molar-refractivity contribution in [3.8, 4) is 5.75 Å². The molecule has 3 unspecified atom stereocenters. The quantitative estimate of drug-likeness (QED) is 0.215. The third-order valence-electron chi connectivity index (χ3n) is 9.03. The molecule has 11 heteroatoms. The summed E-state index contributed by atoms with van der Waals surface area (Å²) in [5, 5.41) is 20.4. The smallest absolute Gasteiger partial charge is 0.255 e. The maximum Gasteiger partial charge on any atom is 0.255 e. The maximum absolute atomic E-state index is 13.4. The van der Waals surface area contributed by atoms with Gasteiger partial charge in [0.25, 0.3) is 11.8 Å². The molecule has 0 saturated carbocycles. The summed E-state index contributed by atoms with van der Waals surface area (Å²) < 4.78 is 18.4. The molecular weight excluding hydrogens is 599 g/mol. The second kappa shape index (κ2) is 16.6. The number of hydrogen-bond acceptors (Lipinski definition) is 6. The number of nitrogens with zero attached hydrogens (tertiary/aromatic N) is 1. The molecule has 2 aromatic carbocycles. The van der Waals surface area contributed by atoms with Gasteiger partial charge < -0.3 is 30.7 Å². The Bertz CT molecular complexity index is 1440. The molecule has 7 N–H and O–H groups in total. The Morgan fingerprint density at radius 3 is 2.49 bits per heavy atom. The van der Waals surface area contributed by atoms with Crippen molar-refractivity contribution in [2.24, 2.45) is 5.73 Å². The third kappa shape index (κ3) is 8.25. The van der Waals surface area contributed by atoms with Crippen molar-refractivity contribution in [1.29, 1.82) is 0 Å². The van der Waals surface area contributed by atoms with Gasteiger partial charge in [-0.15, -0.1) is 0 Å². The summed E-state index contributed by atoms with van der Waals surface area (Å²) in [6, 6.07) is 10.7. The fraction of sp³-hybridized carbons (Fsp3) is 0.528. The second-order valence-corrected chi connectivity index (χ2v) is 12.2. The van der Waals surface area contributed by atoms with Crippen molar-refractivity contribution >= 4 is 17.6 Å². The number of nitrogens with one attached hydrogen (secondary N) is 4. The number of hydrogen-bond donors (Lipinski definition) is 6. The molecule has 2 aromatic rings. The van der Waals surface area contributed by atoms with Gasteiger partial charge >= 0.3 is 0 Å². The number of aliphatic hydroxyl groups is 1. The van der Waals surface area contributed by atoms with E-state index in [0.717, 1.165) is 17.8 Å². The highest BCUT2D eigenvalue weighted by molar-refractivity contribution is 5.98. The largest absolute Gasteiger partial charge is 0.492 e. The van der Waals surface area contributed by atoms with Crippen LogP contribution in [-0.4, -0.2) is 78.1 Å². The molecule has 3 aliphatic rings. The first-order chi connectivity index (χ1) is 21.9. The number of para-hydroxylation sites is 1. The standard InChI is InChI=1S/C25H37N5O3.C8H8FNO.C2H6.CH4/c1-6-19(26)29-18-13-27-20(7-2)30-14-17(22(31)25(18,30)5)28-23(32)15-9-8-10-16-21(15)33-12-11-24(16,3)4;1-10-8(11)6-3-2-4-7(9)5-6;1-2;/h7-10,17-18,22,27,31H,6,11-14H2,1-5H3,(H2,26,29)(H,28,32);2-5H,1H3,(H,10,11);1-2H3;1H4/p+1/b20-7-;;;/t17?,18?,22-,25?;;;/m1.../s1. The Labute approximate surface area is 280 Å². The van der Waals surface area contributed by atoms with Gasteiger partial charge in [-0.25, -0.2) is 4.39 Å². The van der Waals surface area contributed by atoms with E-state index in [1.165, 1.54) is 25.2 Å². The van der Waals surface area contributed by atoms with Crippen LogP contribution >= 0.6 is 0 Å². The zero-order valence-corrected chi connectivity index (χ0v) is 28.5. The van der Waals surface area contributed by atoms with Crippen LogP contribution < -0.4 is 31.4 Å². The molecule has 260 valence electrons. The number of allylic oxidation sites excluding steroid dienone is 1. The number of fused-ring (bicyclic) bond motifs is 2. The SMILES string of the molecule is C.C/C=C1/NCC([NH+]=C(N)CC)C2(C)[C@H](O)C(NC(=O)c3cccc4c3OCCC4(C)C)CN12.CC.CNC(=O)c1cccc(F)c1. The van der Waals surface area contributed by atoms with Crippen molar-refractivity contribution < 1.29 is 28.8 Å². The molecule has 5 rings (SSSR count). The highest BCUT2D eigenvalue weighted by atomic mass is 19.1. The van der Waals surface area contributed by atoms with Crippen molar-refractivity contribution in [3.63, 3.8) is 0 Å². The Kier molecular flexibility index (Phi) is 13.8. The first-order valence-corrected chi connectivity index (χ1v) is 16.2. The number of benzene rings is 2. The average Bonchev–Trinajstić information content (AvgIpc) is 3.31. The molecule has 0 spiro atoms. The highest BCUT2D eigenvalue weighted by Crippen LogP contribution is 2.41. The average molecular weight is 656 g/mol. The molecule has 4 atom stereocenters. The number of amides is 2. The van der Waals surface area contributed by atoms with E-state index in [1.807, 2.05) is 52.8 Å². The Balaban J connectivity index is 0.000000464. The van der Waals surface area contributed by atoms with E-state index in [9.17, 15) is 19.1 Å². The van der Waals surface area contributed by atoms with E-state index in [0.29, 0.717) is 48.8 Å². The lowest BCUT2D eigenvalue weighted by atomic mass is 9.79. The molecule has 3 aliphatic heterocycles. The number of carbonyl (C=O) groups excluding carboxylic acids is 2. The van der Waals surface area contributed by atoms with Crippen LogP contribution in [0, 0.1) is 5.82 Å². The van der Waals surface area contributed by atoms with E-state index in [4.69, 9.17) is 10.5 Å². The molecule has 2 saturated heterocycles. The highest BCUT2D eigenvalue weighted by Gasteiger charge is 2.58. The van der Waals surface area contributed by atoms with Crippen molar-refractivity contribution in [3.05, 3.63) is 76.9 Å². The molecule has 47 heavy (non-hydrogen) atoms. The number of ether oxygens (including phenoxy) is 1. The summed E-state index contributed by atoms with van der Waals surface area (Å²) in [6.45, 7) is 16.0. The molecule has 2 amide bonds. The molecule has 10 nitrogen and oxygen atoms in total. The van der Waals surface area contributed by atoms with E-state index in [-0.39, 0.29) is 30.7 Å². The summed E-state index contributed by atoms with van der Waals surface area (Å²) in [5.74, 6) is 1.39. The zero-order chi connectivity index (χ0) is 34.2.